The van der Waals surface area contributed by atoms with Gasteiger partial charge in [0.25, 0.3) is 0 Å². The Morgan fingerprint density at radius 2 is 1.94 bits per heavy atom. The lowest BCUT2D eigenvalue weighted by molar-refractivity contribution is 0.274. The number of ether oxygens (including phenoxy) is 1. The summed E-state index contributed by atoms with van der Waals surface area (Å²) in [7, 11) is 1.82. The first-order chi connectivity index (χ1) is 17.4. The van der Waals surface area contributed by atoms with Crippen LogP contribution in [0.3, 0.4) is 0 Å². The number of aromatic nitrogens is 4. The predicted octanol–water partition coefficient (Wildman–Crippen LogP) is 4.12. The molecule has 1 aromatic carbocycles. The van der Waals surface area contributed by atoms with Gasteiger partial charge in [0.1, 0.15) is 23.5 Å². The average Bonchev–Trinajstić information content (AvgIpc) is 3.29. The van der Waals surface area contributed by atoms with Crippen LogP contribution in [-0.2, 0) is 6.54 Å². The van der Waals surface area contributed by atoms with E-state index in [9.17, 15) is 0 Å². The second-order valence-electron chi connectivity index (χ2n) is 9.19. The summed E-state index contributed by atoms with van der Waals surface area (Å²) in [5, 5.41) is 13.9. The second kappa shape index (κ2) is 11.0. The van der Waals surface area contributed by atoms with Crippen LogP contribution >= 0.6 is 0 Å². The van der Waals surface area contributed by atoms with E-state index in [1.165, 1.54) is 6.21 Å². The fourth-order valence-electron chi connectivity index (χ4n) is 3.64. The minimum atomic E-state index is -0.263. The number of nitrogens with one attached hydrogen (secondary N) is 3. The number of hydrogen-bond acceptors (Lipinski definition) is 8. The molecule has 0 aliphatic rings. The minimum absolute atomic E-state index is 0.263. The molecule has 4 rings (SSSR count). The molecule has 5 N–H and O–H groups in total. The van der Waals surface area contributed by atoms with Crippen LogP contribution in [0.15, 0.2) is 67.4 Å². The normalized spacial score (nSPS) is 11.9. The summed E-state index contributed by atoms with van der Waals surface area (Å²) >= 11 is 0. The number of fused-ring (bicyclic) bond motifs is 1. The van der Waals surface area contributed by atoms with Gasteiger partial charge < -0.3 is 26.5 Å². The molecular weight excluding hydrogens is 452 g/mol. The maximum absolute atomic E-state index is 7.56. The zero-order valence-corrected chi connectivity index (χ0v) is 20.8. The highest BCUT2D eigenvalue weighted by molar-refractivity contribution is 6.08. The van der Waals surface area contributed by atoms with Crippen LogP contribution in [-0.4, -0.2) is 44.8 Å². The van der Waals surface area contributed by atoms with Crippen LogP contribution in [0.5, 0.6) is 5.75 Å². The van der Waals surface area contributed by atoms with Gasteiger partial charge in [0.05, 0.1) is 24.2 Å². The first-order valence-electron chi connectivity index (χ1n) is 11.8. The fraction of sp³-hybridized carbons (Fsp3) is 0.259. The predicted molar refractivity (Wildman–Crippen MR) is 144 cm³/mol. The summed E-state index contributed by atoms with van der Waals surface area (Å²) in [4.78, 5) is 13.4. The smallest absolute Gasteiger partial charge is 0.140 e. The van der Waals surface area contributed by atoms with Gasteiger partial charge in [0.2, 0.25) is 0 Å². The largest absolute Gasteiger partial charge is 0.493 e. The van der Waals surface area contributed by atoms with Gasteiger partial charge in [0, 0.05) is 55.4 Å². The molecule has 4 aromatic rings. The molecule has 0 amide bonds. The van der Waals surface area contributed by atoms with Gasteiger partial charge in [-0.1, -0.05) is 24.3 Å². The van der Waals surface area contributed by atoms with Crippen molar-refractivity contribution in [3.05, 3.63) is 78.5 Å². The molecule has 3 heterocycles. The summed E-state index contributed by atoms with van der Waals surface area (Å²) in [6.07, 6.45) is 9.18. The third-order valence-electron chi connectivity index (χ3n) is 5.65. The standard InChI is InChI=1S/C27H32N8O/c1-27(2,29)9-11-36-22-8-10-35-24(17-32-26(35)12-22)23-13-25(34-18-33-23)31-15-19-4-6-20(7-5-19)21(14-28)16-30-3/h4-8,10,12-14,16-18,28,30H,9,11,15,29H2,1-3H3,(H,31,33,34)/b21-16+,28-14?. The van der Waals surface area contributed by atoms with Gasteiger partial charge in [-0.2, -0.15) is 0 Å². The lowest BCUT2D eigenvalue weighted by Gasteiger charge is -2.18. The number of rotatable bonds is 11. The third-order valence-corrected chi connectivity index (χ3v) is 5.65. The quantitative estimate of drug-likeness (QED) is 0.236. The lowest BCUT2D eigenvalue weighted by Crippen LogP contribution is -2.33. The number of nitrogens with zero attached hydrogens (tertiary/aromatic N) is 4. The highest BCUT2D eigenvalue weighted by Crippen LogP contribution is 2.23. The molecule has 0 unspecified atom stereocenters. The Labute approximate surface area is 211 Å². The van der Waals surface area contributed by atoms with E-state index in [-0.39, 0.29) is 5.54 Å². The summed E-state index contributed by atoms with van der Waals surface area (Å²) in [6.45, 7) is 5.13. The van der Waals surface area contributed by atoms with E-state index in [1.807, 2.05) is 74.0 Å². The van der Waals surface area contributed by atoms with E-state index in [0.29, 0.717) is 13.2 Å². The number of hydrogen-bond donors (Lipinski definition) is 4. The van der Waals surface area contributed by atoms with Gasteiger partial charge in [-0.15, -0.1) is 0 Å². The molecule has 0 atom stereocenters. The fourth-order valence-corrected chi connectivity index (χ4v) is 3.64. The number of imidazole rings is 1. The topological polar surface area (TPSA) is 126 Å². The second-order valence-corrected chi connectivity index (χ2v) is 9.19. The molecule has 0 fully saturated rings. The molecule has 9 nitrogen and oxygen atoms in total. The van der Waals surface area contributed by atoms with E-state index in [4.69, 9.17) is 15.9 Å². The van der Waals surface area contributed by atoms with Crippen molar-refractivity contribution in [1.82, 2.24) is 24.7 Å². The van der Waals surface area contributed by atoms with Gasteiger partial charge >= 0.3 is 0 Å². The van der Waals surface area contributed by atoms with Crippen molar-refractivity contribution in [2.45, 2.75) is 32.4 Å². The SMILES string of the molecule is CN/C=C(\C=N)c1ccc(CNc2cc(-c3cnc4cc(OCCC(C)(C)N)ccn34)ncn2)cc1. The molecule has 36 heavy (non-hydrogen) atoms. The Kier molecular flexibility index (Phi) is 7.60. The van der Waals surface area contributed by atoms with Gasteiger partial charge in [-0.25, -0.2) is 15.0 Å². The average molecular weight is 485 g/mol. The van der Waals surface area contributed by atoms with Crippen molar-refractivity contribution >= 4 is 23.3 Å². The Balaban J connectivity index is 1.44. The Morgan fingerprint density at radius 1 is 1.14 bits per heavy atom. The molecule has 0 radical (unpaired) electrons. The number of pyridine rings is 1. The maximum Gasteiger partial charge on any atom is 0.140 e. The minimum Gasteiger partial charge on any atom is -0.493 e. The third kappa shape index (κ3) is 6.25. The molecule has 9 heteroatoms. The molecule has 0 saturated heterocycles. The molecular formula is C27H32N8O. The summed E-state index contributed by atoms with van der Waals surface area (Å²) in [5.41, 5.74) is 11.1. The van der Waals surface area contributed by atoms with Crippen LogP contribution in [0.1, 0.15) is 31.4 Å². The van der Waals surface area contributed by atoms with E-state index in [1.54, 1.807) is 18.7 Å². The number of allylic oxidation sites excluding steroid dienone is 1. The maximum atomic E-state index is 7.56. The molecule has 186 valence electrons. The Bertz CT molecular complexity index is 1350. The summed E-state index contributed by atoms with van der Waals surface area (Å²) in [5.74, 6) is 1.48. The van der Waals surface area contributed by atoms with Crippen LogP contribution in [0, 0.1) is 5.41 Å². The monoisotopic (exact) mass is 484 g/mol. The first kappa shape index (κ1) is 24.9. The van der Waals surface area contributed by atoms with Gasteiger partial charge in [-0.3, -0.25) is 4.40 Å². The van der Waals surface area contributed by atoms with Crippen LogP contribution < -0.4 is 21.1 Å². The molecule has 0 aliphatic carbocycles. The molecule has 0 aliphatic heterocycles. The van der Waals surface area contributed by atoms with Gasteiger partial charge in [-0.05, 0) is 37.5 Å². The highest BCUT2D eigenvalue weighted by atomic mass is 16.5. The van der Waals surface area contributed by atoms with Crippen molar-refractivity contribution in [1.29, 1.82) is 5.41 Å². The van der Waals surface area contributed by atoms with Crippen molar-refractivity contribution in [3.8, 4) is 17.1 Å². The van der Waals surface area contributed by atoms with Crippen molar-refractivity contribution in [3.63, 3.8) is 0 Å². The van der Waals surface area contributed by atoms with E-state index < -0.39 is 0 Å². The lowest BCUT2D eigenvalue weighted by atomic mass is 10.0. The molecule has 0 spiro atoms. The van der Waals surface area contributed by atoms with E-state index in [0.717, 1.165) is 51.7 Å². The van der Waals surface area contributed by atoms with Crippen LogP contribution in [0.4, 0.5) is 5.82 Å². The van der Waals surface area contributed by atoms with Crippen molar-refractivity contribution < 1.29 is 4.74 Å². The Hall–Kier alpha value is -4.24. The highest BCUT2D eigenvalue weighted by Gasteiger charge is 2.12. The zero-order valence-electron chi connectivity index (χ0n) is 20.8. The Morgan fingerprint density at radius 3 is 2.67 bits per heavy atom. The summed E-state index contributed by atoms with van der Waals surface area (Å²) < 4.78 is 7.83. The number of benzene rings is 1. The van der Waals surface area contributed by atoms with Crippen molar-refractivity contribution in [2.75, 3.05) is 19.0 Å². The van der Waals surface area contributed by atoms with Crippen LogP contribution in [0.2, 0.25) is 0 Å². The number of anilines is 1. The number of nitrogens with two attached hydrogens (primary N) is 1. The van der Waals surface area contributed by atoms with Crippen molar-refractivity contribution in [2.24, 2.45) is 5.73 Å². The zero-order chi connectivity index (χ0) is 25.5. The molecule has 3 aromatic heterocycles. The van der Waals surface area contributed by atoms with Gasteiger partial charge in [0.15, 0.2) is 0 Å². The first-order valence-corrected chi connectivity index (χ1v) is 11.8. The van der Waals surface area contributed by atoms with E-state index in [2.05, 4.69) is 25.6 Å². The summed E-state index contributed by atoms with van der Waals surface area (Å²) in [6, 6.07) is 13.8. The van der Waals surface area contributed by atoms with Crippen LogP contribution in [0.25, 0.3) is 22.6 Å². The van der Waals surface area contributed by atoms with E-state index >= 15 is 0 Å². The molecule has 0 saturated carbocycles. The molecule has 0 bridgehead atoms.